The Kier molecular flexibility index (Phi) is 4.38. The van der Waals surface area contributed by atoms with Crippen molar-refractivity contribution in [3.8, 4) is 11.5 Å². The molecule has 0 aromatic heterocycles. The lowest BCUT2D eigenvalue weighted by Crippen LogP contribution is -2.30. The van der Waals surface area contributed by atoms with Crippen molar-refractivity contribution >= 4 is 5.91 Å². The van der Waals surface area contributed by atoms with E-state index in [0.29, 0.717) is 30.3 Å². The number of amides is 1. The molecule has 0 bridgehead atoms. The predicted molar refractivity (Wildman–Crippen MR) is 84.3 cm³/mol. The Morgan fingerprint density at radius 2 is 1.79 bits per heavy atom. The Balaban J connectivity index is 1.85. The third kappa shape index (κ3) is 3.04. The molecule has 0 radical (unpaired) electrons. The lowest BCUT2D eigenvalue weighted by molar-refractivity contribution is 0.0739. The fourth-order valence-electron chi connectivity index (χ4n) is 2.60. The first-order valence-electron chi connectivity index (χ1n) is 7.59. The third-order valence-corrected chi connectivity index (χ3v) is 4.10. The number of hydrogen-bond acceptors (Lipinski definition) is 3. The number of fused-ring (bicyclic) bond motifs is 1. The summed E-state index contributed by atoms with van der Waals surface area (Å²) in [6.07, 6.45) is 0. The molecule has 0 spiro atoms. The molecule has 1 atom stereocenters. The van der Waals surface area contributed by atoms with E-state index in [1.54, 1.807) is 32.2 Å². The van der Waals surface area contributed by atoms with E-state index in [1.165, 1.54) is 4.90 Å². The second kappa shape index (κ2) is 6.47. The highest BCUT2D eigenvalue weighted by atomic mass is 19.1. The SMILES string of the molecule is CC(c1cc(F)ccc1F)N(C)C(=O)c1ccc2c(c1)OCCO2. The number of ether oxygens (including phenoxy) is 2. The van der Waals surface area contributed by atoms with E-state index in [9.17, 15) is 13.6 Å². The number of carbonyl (C=O) groups is 1. The van der Waals surface area contributed by atoms with Crippen LogP contribution in [0.1, 0.15) is 28.9 Å². The number of rotatable bonds is 3. The van der Waals surface area contributed by atoms with Gasteiger partial charge in [-0.25, -0.2) is 8.78 Å². The van der Waals surface area contributed by atoms with Crippen molar-refractivity contribution < 1.29 is 23.0 Å². The normalized spacial score (nSPS) is 14.2. The van der Waals surface area contributed by atoms with Crippen molar-refractivity contribution in [3.05, 3.63) is 59.2 Å². The van der Waals surface area contributed by atoms with Crippen LogP contribution in [0, 0.1) is 11.6 Å². The molecule has 3 rings (SSSR count). The first-order chi connectivity index (χ1) is 11.5. The van der Waals surface area contributed by atoms with Gasteiger partial charge in [0.15, 0.2) is 11.5 Å². The van der Waals surface area contributed by atoms with Gasteiger partial charge >= 0.3 is 0 Å². The lowest BCUT2D eigenvalue weighted by Gasteiger charge is -2.26. The minimum Gasteiger partial charge on any atom is -0.486 e. The Bertz CT molecular complexity index is 779. The van der Waals surface area contributed by atoms with E-state index in [-0.39, 0.29) is 11.5 Å². The fraction of sp³-hybridized carbons (Fsp3) is 0.278. The van der Waals surface area contributed by atoms with Crippen LogP contribution in [0.3, 0.4) is 0 Å². The maximum atomic E-state index is 13.9. The van der Waals surface area contributed by atoms with Crippen molar-refractivity contribution in [1.82, 2.24) is 4.90 Å². The first kappa shape index (κ1) is 16.2. The summed E-state index contributed by atoms with van der Waals surface area (Å²) in [5.74, 6) is -0.318. The van der Waals surface area contributed by atoms with Gasteiger partial charge in [0.25, 0.3) is 5.91 Å². The standard InChI is InChI=1S/C18H17F2NO3/c1-11(14-10-13(19)4-5-15(14)20)21(2)18(22)12-3-6-16-17(9-12)24-8-7-23-16/h3-6,9-11H,7-8H2,1-2H3. The Hall–Kier alpha value is -2.63. The topological polar surface area (TPSA) is 38.8 Å². The molecule has 2 aromatic rings. The smallest absolute Gasteiger partial charge is 0.254 e. The minimum absolute atomic E-state index is 0.128. The Morgan fingerprint density at radius 1 is 1.08 bits per heavy atom. The highest BCUT2D eigenvalue weighted by Crippen LogP contribution is 2.32. The summed E-state index contributed by atoms with van der Waals surface area (Å²) in [4.78, 5) is 14.0. The van der Waals surface area contributed by atoms with E-state index in [2.05, 4.69) is 0 Å². The molecule has 0 aliphatic carbocycles. The largest absolute Gasteiger partial charge is 0.486 e. The first-order valence-corrected chi connectivity index (χ1v) is 7.59. The van der Waals surface area contributed by atoms with Gasteiger partial charge in [-0.2, -0.15) is 0 Å². The molecular weight excluding hydrogens is 316 g/mol. The number of nitrogens with zero attached hydrogens (tertiary/aromatic N) is 1. The van der Waals surface area contributed by atoms with Gasteiger partial charge in [-0.05, 0) is 43.3 Å². The summed E-state index contributed by atoms with van der Waals surface area (Å²) >= 11 is 0. The van der Waals surface area contributed by atoms with Gasteiger partial charge in [0.1, 0.15) is 24.8 Å². The summed E-state index contributed by atoms with van der Waals surface area (Å²) in [7, 11) is 1.55. The zero-order valence-electron chi connectivity index (χ0n) is 13.4. The second-order valence-corrected chi connectivity index (χ2v) is 5.62. The van der Waals surface area contributed by atoms with Gasteiger partial charge in [-0.3, -0.25) is 4.79 Å². The van der Waals surface area contributed by atoms with E-state index < -0.39 is 17.7 Å². The van der Waals surface area contributed by atoms with Crippen LogP contribution < -0.4 is 9.47 Å². The van der Waals surface area contributed by atoms with Crippen molar-refractivity contribution in [3.63, 3.8) is 0 Å². The van der Waals surface area contributed by atoms with Gasteiger partial charge in [0.05, 0.1) is 6.04 Å². The Morgan fingerprint density at radius 3 is 2.54 bits per heavy atom. The van der Waals surface area contributed by atoms with Crippen LogP contribution in [-0.2, 0) is 0 Å². The van der Waals surface area contributed by atoms with Crippen molar-refractivity contribution in [2.45, 2.75) is 13.0 Å². The molecule has 6 heteroatoms. The summed E-state index contributed by atoms with van der Waals surface area (Å²) < 4.78 is 38.2. The lowest BCUT2D eigenvalue weighted by atomic mass is 10.0. The summed E-state index contributed by atoms with van der Waals surface area (Å²) in [5, 5.41) is 0. The van der Waals surface area contributed by atoms with Gasteiger partial charge in [-0.1, -0.05) is 0 Å². The molecule has 0 fully saturated rings. The van der Waals surface area contributed by atoms with Crippen LogP contribution in [0.15, 0.2) is 36.4 Å². The minimum atomic E-state index is -0.624. The van der Waals surface area contributed by atoms with Gasteiger partial charge in [-0.15, -0.1) is 0 Å². The molecule has 1 amide bonds. The summed E-state index contributed by atoms with van der Waals surface area (Å²) in [6.45, 7) is 2.54. The number of benzene rings is 2. The van der Waals surface area contributed by atoms with Crippen LogP contribution in [0.2, 0.25) is 0 Å². The third-order valence-electron chi connectivity index (χ3n) is 4.10. The molecule has 0 saturated carbocycles. The fourth-order valence-corrected chi connectivity index (χ4v) is 2.60. The predicted octanol–water partition coefficient (Wildman–Crippen LogP) is 3.57. The van der Waals surface area contributed by atoms with E-state index in [4.69, 9.17) is 9.47 Å². The van der Waals surface area contributed by atoms with Crippen molar-refractivity contribution in [2.24, 2.45) is 0 Å². The number of carbonyl (C=O) groups excluding carboxylic acids is 1. The average Bonchev–Trinajstić information content (AvgIpc) is 2.61. The van der Waals surface area contributed by atoms with E-state index >= 15 is 0 Å². The number of hydrogen-bond donors (Lipinski definition) is 0. The van der Waals surface area contributed by atoms with Crippen LogP contribution in [0.4, 0.5) is 8.78 Å². The number of halogens is 2. The average molecular weight is 333 g/mol. The van der Waals surface area contributed by atoms with Gasteiger partial charge in [0.2, 0.25) is 0 Å². The maximum absolute atomic E-state index is 13.9. The summed E-state index contributed by atoms with van der Waals surface area (Å²) in [6, 6.07) is 7.48. The van der Waals surface area contributed by atoms with Crippen LogP contribution in [-0.4, -0.2) is 31.1 Å². The van der Waals surface area contributed by atoms with Gasteiger partial charge in [0, 0.05) is 18.2 Å². The zero-order chi connectivity index (χ0) is 17.3. The second-order valence-electron chi connectivity index (χ2n) is 5.62. The van der Waals surface area contributed by atoms with Crippen LogP contribution >= 0.6 is 0 Å². The highest BCUT2D eigenvalue weighted by Gasteiger charge is 2.23. The van der Waals surface area contributed by atoms with E-state index in [1.807, 2.05) is 0 Å². The Labute approximate surface area is 138 Å². The highest BCUT2D eigenvalue weighted by molar-refractivity contribution is 5.95. The monoisotopic (exact) mass is 333 g/mol. The molecule has 0 saturated heterocycles. The molecule has 1 aliphatic heterocycles. The molecule has 1 aliphatic rings. The summed E-state index contributed by atoms with van der Waals surface area (Å²) in [5.41, 5.74) is 0.522. The zero-order valence-corrected chi connectivity index (χ0v) is 13.4. The maximum Gasteiger partial charge on any atom is 0.254 e. The molecule has 0 N–H and O–H groups in total. The molecule has 1 unspecified atom stereocenters. The van der Waals surface area contributed by atoms with Gasteiger partial charge < -0.3 is 14.4 Å². The quantitative estimate of drug-likeness (QED) is 0.862. The molecule has 1 heterocycles. The molecule has 24 heavy (non-hydrogen) atoms. The van der Waals surface area contributed by atoms with E-state index in [0.717, 1.165) is 18.2 Å². The molecule has 4 nitrogen and oxygen atoms in total. The van der Waals surface area contributed by atoms with Crippen LogP contribution in [0.25, 0.3) is 0 Å². The molecular formula is C18H17F2NO3. The van der Waals surface area contributed by atoms with Crippen molar-refractivity contribution in [2.75, 3.05) is 20.3 Å². The van der Waals surface area contributed by atoms with Crippen molar-refractivity contribution in [1.29, 1.82) is 0 Å². The molecule has 2 aromatic carbocycles. The van der Waals surface area contributed by atoms with Crippen LogP contribution in [0.5, 0.6) is 11.5 Å². The molecule has 126 valence electrons.